The zero-order valence-electron chi connectivity index (χ0n) is 21.9. The number of nitrogens with zero attached hydrogens (tertiary/aromatic N) is 4. The SMILES string of the molecule is COc1cc(S(=O)(=O)N2CCC(N3CCOCC3)CC2)ccc1Nc1cc(NC2CC2)c2c(C#N)c[nH]c2n1. The molecule has 1 saturated carbocycles. The molecule has 3 fully saturated rings. The largest absolute Gasteiger partial charge is 0.495 e. The highest BCUT2D eigenvalue weighted by molar-refractivity contribution is 7.89. The molecular weight excluding hydrogens is 518 g/mol. The van der Waals surface area contributed by atoms with Gasteiger partial charge < -0.3 is 25.1 Å². The standard InChI is InChI=1S/C27H33N7O4S/c1-37-24-14-21(39(35,36)34-8-6-20(7-9-34)33-10-12-38-13-11-33)4-5-22(24)31-25-15-23(30-19-2-3-19)26-18(16-28)17-29-27(26)32-25/h4-5,14-15,17,19-20H,2-3,6-13H2,1H3,(H3,29,30,31,32). The van der Waals surface area contributed by atoms with Crippen LogP contribution in [0.3, 0.4) is 0 Å². The first-order chi connectivity index (χ1) is 19.0. The second-order valence-corrected chi connectivity index (χ2v) is 12.2. The van der Waals surface area contributed by atoms with Gasteiger partial charge in [-0.2, -0.15) is 9.57 Å². The Morgan fingerprint density at radius 2 is 1.87 bits per heavy atom. The Labute approximate surface area is 228 Å². The Morgan fingerprint density at radius 1 is 1.10 bits per heavy atom. The van der Waals surface area contributed by atoms with Crippen LogP contribution in [0.4, 0.5) is 17.2 Å². The van der Waals surface area contributed by atoms with Gasteiger partial charge in [0, 0.05) is 56.6 Å². The molecule has 0 amide bonds. The average molecular weight is 552 g/mol. The number of methoxy groups -OCH3 is 1. The molecule has 3 aromatic rings. The molecule has 12 heteroatoms. The first-order valence-electron chi connectivity index (χ1n) is 13.4. The van der Waals surface area contributed by atoms with Crippen molar-refractivity contribution in [3.05, 3.63) is 36.0 Å². The van der Waals surface area contributed by atoms with E-state index in [0.29, 0.717) is 53.6 Å². The molecule has 2 aliphatic heterocycles. The predicted molar refractivity (Wildman–Crippen MR) is 148 cm³/mol. The van der Waals surface area contributed by atoms with Crippen LogP contribution in [0.15, 0.2) is 35.4 Å². The van der Waals surface area contributed by atoms with E-state index in [0.717, 1.165) is 63.1 Å². The predicted octanol–water partition coefficient (Wildman–Crippen LogP) is 3.25. The summed E-state index contributed by atoms with van der Waals surface area (Å²) in [6, 6.07) is 9.77. The number of nitrogens with one attached hydrogen (secondary N) is 3. The van der Waals surface area contributed by atoms with Crippen molar-refractivity contribution in [1.29, 1.82) is 5.26 Å². The zero-order chi connectivity index (χ0) is 27.0. The molecule has 2 aromatic heterocycles. The number of piperidine rings is 1. The van der Waals surface area contributed by atoms with Gasteiger partial charge in [-0.25, -0.2) is 13.4 Å². The van der Waals surface area contributed by atoms with Crippen LogP contribution in [-0.2, 0) is 14.8 Å². The van der Waals surface area contributed by atoms with Crippen LogP contribution in [0.5, 0.6) is 5.75 Å². The molecule has 0 unspecified atom stereocenters. The van der Waals surface area contributed by atoms with E-state index in [1.165, 1.54) is 7.11 Å². The Bertz CT molecular complexity index is 1500. The molecule has 0 spiro atoms. The molecule has 2 saturated heterocycles. The van der Waals surface area contributed by atoms with Crippen molar-refractivity contribution in [2.75, 3.05) is 57.1 Å². The number of rotatable bonds is 8. The van der Waals surface area contributed by atoms with E-state index >= 15 is 0 Å². The first-order valence-corrected chi connectivity index (χ1v) is 14.9. The summed E-state index contributed by atoms with van der Waals surface area (Å²) in [6.07, 6.45) is 5.46. The van der Waals surface area contributed by atoms with Crippen molar-refractivity contribution >= 4 is 38.2 Å². The van der Waals surface area contributed by atoms with Crippen molar-refractivity contribution in [2.24, 2.45) is 0 Å². The summed E-state index contributed by atoms with van der Waals surface area (Å²) in [5, 5.41) is 17.0. The summed E-state index contributed by atoms with van der Waals surface area (Å²) in [5.74, 6) is 0.957. The number of aromatic amines is 1. The number of H-pyrrole nitrogens is 1. The van der Waals surface area contributed by atoms with Crippen LogP contribution < -0.4 is 15.4 Å². The lowest BCUT2D eigenvalue weighted by Gasteiger charge is -2.39. The van der Waals surface area contributed by atoms with Crippen molar-refractivity contribution < 1.29 is 17.9 Å². The topological polar surface area (TPSA) is 136 Å². The molecule has 0 atom stereocenters. The number of pyridine rings is 1. The summed E-state index contributed by atoms with van der Waals surface area (Å²) in [5.41, 5.74) is 2.56. The van der Waals surface area contributed by atoms with Crippen LogP contribution in [-0.4, -0.2) is 86.2 Å². The maximum atomic E-state index is 13.5. The van der Waals surface area contributed by atoms with E-state index in [2.05, 4.69) is 31.6 Å². The van der Waals surface area contributed by atoms with Gasteiger partial charge in [0.25, 0.3) is 0 Å². The van der Waals surface area contributed by atoms with Gasteiger partial charge in [0.15, 0.2) is 0 Å². The first kappa shape index (κ1) is 25.9. The molecule has 11 nitrogen and oxygen atoms in total. The number of hydrogen-bond donors (Lipinski definition) is 3. The number of benzene rings is 1. The Kier molecular flexibility index (Phi) is 7.07. The molecule has 39 heavy (non-hydrogen) atoms. The van der Waals surface area contributed by atoms with Crippen molar-refractivity contribution in [2.45, 2.75) is 42.7 Å². The van der Waals surface area contributed by atoms with Crippen LogP contribution in [0.1, 0.15) is 31.2 Å². The lowest BCUT2D eigenvalue weighted by atomic mass is 10.0. The monoisotopic (exact) mass is 551 g/mol. The minimum Gasteiger partial charge on any atom is -0.495 e. The average Bonchev–Trinajstić information content (AvgIpc) is 3.69. The molecule has 3 N–H and O–H groups in total. The van der Waals surface area contributed by atoms with Crippen molar-refractivity contribution in [1.82, 2.24) is 19.2 Å². The molecule has 1 aliphatic carbocycles. The Balaban J connectivity index is 1.21. The van der Waals surface area contributed by atoms with Crippen molar-refractivity contribution in [3.63, 3.8) is 0 Å². The fraction of sp³-hybridized carbons (Fsp3) is 0.481. The summed E-state index contributed by atoms with van der Waals surface area (Å²) >= 11 is 0. The Morgan fingerprint density at radius 3 is 2.56 bits per heavy atom. The van der Waals surface area contributed by atoms with Crippen LogP contribution in [0.2, 0.25) is 0 Å². The maximum Gasteiger partial charge on any atom is 0.243 e. The smallest absolute Gasteiger partial charge is 0.243 e. The van der Waals surface area contributed by atoms with E-state index in [4.69, 9.17) is 9.47 Å². The van der Waals surface area contributed by atoms with Gasteiger partial charge in [-0.15, -0.1) is 0 Å². The van der Waals surface area contributed by atoms with Crippen LogP contribution in [0.25, 0.3) is 11.0 Å². The number of morpholine rings is 1. The van der Waals surface area contributed by atoms with Gasteiger partial charge in [0.05, 0.1) is 47.5 Å². The number of ether oxygens (including phenoxy) is 2. The normalized spacial score (nSPS) is 19.6. The zero-order valence-corrected chi connectivity index (χ0v) is 22.8. The fourth-order valence-electron chi connectivity index (χ4n) is 5.46. The second-order valence-electron chi connectivity index (χ2n) is 10.3. The number of aromatic nitrogens is 2. The van der Waals surface area contributed by atoms with E-state index in [1.807, 2.05) is 6.07 Å². The third kappa shape index (κ3) is 5.27. The molecule has 0 radical (unpaired) electrons. The summed E-state index contributed by atoms with van der Waals surface area (Å²) in [4.78, 5) is 10.3. The van der Waals surface area contributed by atoms with E-state index < -0.39 is 10.0 Å². The van der Waals surface area contributed by atoms with Gasteiger partial charge in [0.2, 0.25) is 10.0 Å². The lowest BCUT2D eigenvalue weighted by molar-refractivity contribution is 0.00610. The molecule has 206 valence electrons. The Hall–Kier alpha value is -3.37. The highest BCUT2D eigenvalue weighted by atomic mass is 32.2. The second kappa shape index (κ2) is 10.7. The van der Waals surface area contributed by atoms with Gasteiger partial charge in [-0.05, 0) is 37.8 Å². The molecule has 0 bridgehead atoms. The van der Waals surface area contributed by atoms with Gasteiger partial charge in [-0.3, -0.25) is 4.90 Å². The number of fused-ring (bicyclic) bond motifs is 1. The number of hydrogen-bond acceptors (Lipinski definition) is 9. The van der Waals surface area contributed by atoms with Crippen LogP contribution >= 0.6 is 0 Å². The van der Waals surface area contributed by atoms with E-state index in [1.54, 1.807) is 28.7 Å². The quantitative estimate of drug-likeness (QED) is 0.385. The van der Waals surface area contributed by atoms with Gasteiger partial charge in [-0.1, -0.05) is 0 Å². The molecular formula is C27H33N7O4S. The van der Waals surface area contributed by atoms with Gasteiger partial charge in [0.1, 0.15) is 23.3 Å². The molecule has 1 aromatic carbocycles. The van der Waals surface area contributed by atoms with E-state index in [9.17, 15) is 13.7 Å². The molecule has 6 rings (SSSR count). The third-order valence-corrected chi connectivity index (χ3v) is 9.65. The number of sulfonamides is 1. The summed E-state index contributed by atoms with van der Waals surface area (Å²) in [7, 11) is -2.14. The highest BCUT2D eigenvalue weighted by Crippen LogP contribution is 2.36. The van der Waals surface area contributed by atoms with Crippen LogP contribution in [0, 0.1) is 11.3 Å². The molecule has 4 heterocycles. The minimum atomic E-state index is -3.66. The van der Waals surface area contributed by atoms with Gasteiger partial charge >= 0.3 is 0 Å². The summed E-state index contributed by atoms with van der Waals surface area (Å²) < 4.78 is 39.6. The number of anilines is 3. The lowest BCUT2D eigenvalue weighted by Crippen LogP contribution is -2.50. The third-order valence-electron chi connectivity index (χ3n) is 7.76. The molecule has 3 aliphatic rings. The van der Waals surface area contributed by atoms with Crippen molar-refractivity contribution in [3.8, 4) is 11.8 Å². The fourth-order valence-corrected chi connectivity index (χ4v) is 6.95. The summed E-state index contributed by atoms with van der Waals surface area (Å²) in [6.45, 7) is 4.29. The number of nitriles is 1. The highest BCUT2D eigenvalue weighted by Gasteiger charge is 2.32. The maximum absolute atomic E-state index is 13.5. The van der Waals surface area contributed by atoms with E-state index in [-0.39, 0.29) is 4.90 Å². The minimum absolute atomic E-state index is 0.206.